The molecule has 0 aromatic heterocycles. The Bertz CT molecular complexity index is 511. The summed E-state index contributed by atoms with van der Waals surface area (Å²) in [7, 11) is 0. The maximum Gasteiger partial charge on any atom is 0.166 e. The zero-order valence-corrected chi connectivity index (χ0v) is 8.06. The Labute approximate surface area is 89.3 Å². The Morgan fingerprint density at radius 2 is 1.75 bits per heavy atom. The van der Waals surface area contributed by atoms with Gasteiger partial charge in [0, 0.05) is 18.4 Å². The van der Waals surface area contributed by atoms with Crippen LogP contribution in [0.1, 0.15) is 18.4 Å². The van der Waals surface area contributed by atoms with E-state index in [1.807, 2.05) is 0 Å². The average Bonchev–Trinajstić information content (AvgIpc) is 2.21. The van der Waals surface area contributed by atoms with Gasteiger partial charge in [0.2, 0.25) is 0 Å². The summed E-state index contributed by atoms with van der Waals surface area (Å²) >= 11 is 0. The van der Waals surface area contributed by atoms with E-state index in [1.165, 1.54) is 0 Å². The molecule has 1 aliphatic carbocycles. The summed E-state index contributed by atoms with van der Waals surface area (Å²) < 4.78 is 39.8. The van der Waals surface area contributed by atoms with E-state index < -0.39 is 28.4 Å². The lowest BCUT2D eigenvalue weighted by atomic mass is 9.64. The van der Waals surface area contributed by atoms with E-state index in [-0.39, 0.29) is 18.6 Å². The topological polar surface area (TPSA) is 40.9 Å². The lowest BCUT2D eigenvalue weighted by molar-refractivity contribution is -0.126. The monoisotopic (exact) mass is 225 g/mol. The second-order valence-electron chi connectivity index (χ2n) is 3.80. The highest BCUT2D eigenvalue weighted by Gasteiger charge is 2.49. The minimum absolute atomic E-state index is 0.260. The van der Waals surface area contributed by atoms with Gasteiger partial charge in [-0.25, -0.2) is 13.2 Å². The molecule has 0 radical (unpaired) electrons. The van der Waals surface area contributed by atoms with Gasteiger partial charge in [0.1, 0.15) is 17.0 Å². The van der Waals surface area contributed by atoms with Crippen LogP contribution in [0.3, 0.4) is 0 Å². The quantitative estimate of drug-likeness (QED) is 0.687. The number of benzene rings is 1. The molecule has 2 nitrogen and oxygen atoms in total. The van der Waals surface area contributed by atoms with Crippen molar-refractivity contribution < 1.29 is 18.0 Å². The van der Waals surface area contributed by atoms with E-state index in [1.54, 1.807) is 6.07 Å². The average molecular weight is 225 g/mol. The van der Waals surface area contributed by atoms with Crippen LogP contribution in [0.25, 0.3) is 0 Å². The SMILES string of the molecule is N#CC1(c2c(F)ccc(F)c2F)CC(=O)C1. The van der Waals surface area contributed by atoms with Crippen molar-refractivity contribution in [3.8, 4) is 6.07 Å². The predicted molar refractivity (Wildman–Crippen MR) is 47.8 cm³/mol. The molecule has 0 N–H and O–H groups in total. The summed E-state index contributed by atoms with van der Waals surface area (Å²) in [6.45, 7) is 0. The molecule has 16 heavy (non-hydrogen) atoms. The Morgan fingerprint density at radius 3 is 2.25 bits per heavy atom. The first-order valence-electron chi connectivity index (χ1n) is 4.57. The van der Waals surface area contributed by atoms with Gasteiger partial charge in [-0.1, -0.05) is 0 Å². The first kappa shape index (κ1) is 10.7. The first-order valence-corrected chi connectivity index (χ1v) is 4.57. The van der Waals surface area contributed by atoms with Crippen LogP contribution < -0.4 is 0 Å². The van der Waals surface area contributed by atoms with Crippen LogP contribution in [0.2, 0.25) is 0 Å². The van der Waals surface area contributed by atoms with Gasteiger partial charge in [-0.15, -0.1) is 0 Å². The summed E-state index contributed by atoms with van der Waals surface area (Å²) in [5.74, 6) is -3.85. The number of rotatable bonds is 1. The minimum atomic E-state index is -1.53. The predicted octanol–water partition coefficient (Wildman–Crippen LogP) is 2.23. The van der Waals surface area contributed by atoms with Gasteiger partial charge in [0.05, 0.1) is 6.07 Å². The number of nitrogens with zero attached hydrogens (tertiary/aromatic N) is 1. The standard InChI is InChI=1S/C11H6F3NO/c12-7-1-2-8(13)10(14)9(7)11(5-15)3-6(16)4-11/h1-2H,3-4H2. The molecule has 0 saturated heterocycles. The van der Waals surface area contributed by atoms with E-state index in [9.17, 15) is 18.0 Å². The molecule has 2 rings (SSSR count). The molecule has 82 valence electrons. The van der Waals surface area contributed by atoms with Crippen molar-refractivity contribution in [2.45, 2.75) is 18.3 Å². The third kappa shape index (κ3) is 1.30. The highest BCUT2D eigenvalue weighted by atomic mass is 19.2. The zero-order chi connectivity index (χ0) is 11.9. The van der Waals surface area contributed by atoms with Gasteiger partial charge >= 0.3 is 0 Å². The molecule has 0 unspecified atom stereocenters. The Kier molecular flexibility index (Phi) is 2.23. The summed E-state index contributed by atoms with van der Waals surface area (Å²) in [4.78, 5) is 10.9. The van der Waals surface area contributed by atoms with Gasteiger partial charge in [0.25, 0.3) is 0 Å². The highest BCUT2D eigenvalue weighted by Crippen LogP contribution is 2.43. The van der Waals surface area contributed by atoms with Crippen molar-refractivity contribution >= 4 is 5.78 Å². The lowest BCUT2D eigenvalue weighted by Crippen LogP contribution is -2.42. The highest BCUT2D eigenvalue weighted by molar-refractivity contribution is 5.90. The third-order valence-electron chi connectivity index (χ3n) is 2.73. The number of Topliss-reactive ketones (excluding diaryl/α,β-unsaturated/α-hetero) is 1. The van der Waals surface area contributed by atoms with Gasteiger partial charge in [-0.3, -0.25) is 4.79 Å². The molecule has 0 amide bonds. The van der Waals surface area contributed by atoms with Gasteiger partial charge in [0.15, 0.2) is 11.6 Å². The molecule has 1 aromatic carbocycles. The van der Waals surface area contributed by atoms with E-state index in [0.29, 0.717) is 6.07 Å². The molecule has 0 atom stereocenters. The molecule has 1 aromatic rings. The second-order valence-corrected chi connectivity index (χ2v) is 3.80. The Morgan fingerprint density at radius 1 is 1.19 bits per heavy atom. The van der Waals surface area contributed by atoms with Crippen LogP contribution in [-0.4, -0.2) is 5.78 Å². The van der Waals surface area contributed by atoms with Crippen molar-refractivity contribution in [3.63, 3.8) is 0 Å². The molecule has 0 spiro atoms. The number of hydrogen-bond donors (Lipinski definition) is 0. The second kappa shape index (κ2) is 3.34. The van der Waals surface area contributed by atoms with Crippen LogP contribution in [0.15, 0.2) is 12.1 Å². The van der Waals surface area contributed by atoms with Crippen molar-refractivity contribution in [1.29, 1.82) is 5.26 Å². The molecule has 1 fully saturated rings. The van der Waals surface area contributed by atoms with Crippen LogP contribution in [0.5, 0.6) is 0 Å². The number of ketones is 1. The van der Waals surface area contributed by atoms with E-state index in [2.05, 4.69) is 0 Å². The normalized spacial score (nSPS) is 17.8. The molecule has 0 aliphatic heterocycles. The molecule has 5 heteroatoms. The Balaban J connectivity index is 2.60. The van der Waals surface area contributed by atoms with Gasteiger partial charge in [-0.05, 0) is 12.1 Å². The molecule has 0 heterocycles. The van der Waals surface area contributed by atoms with Crippen molar-refractivity contribution in [1.82, 2.24) is 0 Å². The Hall–Kier alpha value is -1.83. The molecule has 1 aliphatic rings. The van der Waals surface area contributed by atoms with Crippen LogP contribution in [0, 0.1) is 28.8 Å². The first-order chi connectivity index (χ1) is 7.50. The van der Waals surface area contributed by atoms with Crippen LogP contribution >= 0.6 is 0 Å². The van der Waals surface area contributed by atoms with E-state index in [0.717, 1.165) is 6.07 Å². The zero-order valence-electron chi connectivity index (χ0n) is 8.06. The molecular weight excluding hydrogens is 219 g/mol. The fourth-order valence-corrected chi connectivity index (χ4v) is 1.90. The maximum atomic E-state index is 13.4. The number of hydrogen-bond acceptors (Lipinski definition) is 2. The molecule has 0 bridgehead atoms. The lowest BCUT2D eigenvalue weighted by Gasteiger charge is -2.34. The summed E-state index contributed by atoms with van der Waals surface area (Å²) in [6.07, 6.45) is -0.526. The minimum Gasteiger partial charge on any atom is -0.300 e. The summed E-state index contributed by atoms with van der Waals surface area (Å²) in [5, 5.41) is 8.89. The third-order valence-corrected chi connectivity index (χ3v) is 2.73. The number of carbonyl (C=O) groups excluding carboxylic acids is 1. The van der Waals surface area contributed by atoms with Crippen molar-refractivity contribution in [2.75, 3.05) is 0 Å². The molecule has 1 saturated carbocycles. The van der Waals surface area contributed by atoms with Crippen molar-refractivity contribution in [2.24, 2.45) is 0 Å². The smallest absolute Gasteiger partial charge is 0.166 e. The number of halogens is 3. The van der Waals surface area contributed by atoms with Crippen LogP contribution in [0.4, 0.5) is 13.2 Å². The number of carbonyl (C=O) groups is 1. The largest absolute Gasteiger partial charge is 0.300 e. The fraction of sp³-hybridized carbons (Fsp3) is 0.273. The maximum absolute atomic E-state index is 13.4. The fourth-order valence-electron chi connectivity index (χ4n) is 1.90. The van der Waals surface area contributed by atoms with Crippen LogP contribution in [-0.2, 0) is 10.2 Å². The molecular formula is C11H6F3NO. The van der Waals surface area contributed by atoms with E-state index >= 15 is 0 Å². The van der Waals surface area contributed by atoms with Gasteiger partial charge < -0.3 is 0 Å². The summed E-state index contributed by atoms with van der Waals surface area (Å²) in [5.41, 5.74) is -2.16. The summed E-state index contributed by atoms with van der Waals surface area (Å²) in [6, 6.07) is 3.12. The van der Waals surface area contributed by atoms with E-state index in [4.69, 9.17) is 5.26 Å². The van der Waals surface area contributed by atoms with Crippen molar-refractivity contribution in [3.05, 3.63) is 35.1 Å². The van der Waals surface area contributed by atoms with Gasteiger partial charge in [-0.2, -0.15) is 5.26 Å². The number of nitriles is 1.